The maximum absolute atomic E-state index is 12.1. The van der Waals surface area contributed by atoms with Gasteiger partial charge in [0.15, 0.2) is 0 Å². The second-order valence-electron chi connectivity index (χ2n) is 5.05. The summed E-state index contributed by atoms with van der Waals surface area (Å²) in [5.74, 6) is 0.715. The lowest BCUT2D eigenvalue weighted by molar-refractivity contribution is 0.277. The molecule has 106 valence electrons. The molecule has 1 fully saturated rings. The van der Waals surface area contributed by atoms with Crippen LogP contribution in [-0.4, -0.2) is 41.0 Å². The van der Waals surface area contributed by atoms with E-state index >= 15 is 0 Å². The number of aromatic nitrogens is 2. The van der Waals surface area contributed by atoms with Gasteiger partial charge < -0.3 is 10.3 Å². The van der Waals surface area contributed by atoms with Crippen molar-refractivity contribution in [1.82, 2.24) is 20.2 Å². The molecule has 2 aromatic rings. The van der Waals surface area contributed by atoms with Crippen molar-refractivity contribution in [3.05, 3.63) is 39.4 Å². The molecule has 0 atom stereocenters. The largest absolute Gasteiger partial charge is 0.315 e. The van der Waals surface area contributed by atoms with Crippen molar-refractivity contribution in [2.75, 3.05) is 26.2 Å². The fourth-order valence-electron chi connectivity index (χ4n) is 2.51. The summed E-state index contributed by atoms with van der Waals surface area (Å²) in [5, 5.41) is 4.45. The van der Waals surface area contributed by atoms with E-state index in [0.717, 1.165) is 32.6 Å². The summed E-state index contributed by atoms with van der Waals surface area (Å²) in [4.78, 5) is 21.8. The molecule has 1 aliphatic rings. The first-order valence-electron chi connectivity index (χ1n) is 6.84. The van der Waals surface area contributed by atoms with Crippen molar-refractivity contribution in [3.8, 4) is 0 Å². The van der Waals surface area contributed by atoms with Crippen LogP contribution >= 0.6 is 11.6 Å². The lowest BCUT2D eigenvalue weighted by atomic mass is 10.2. The number of aromatic amines is 1. The van der Waals surface area contributed by atoms with Crippen LogP contribution in [-0.2, 0) is 6.54 Å². The van der Waals surface area contributed by atoms with E-state index in [1.807, 2.05) is 0 Å². The normalized spacial score (nSPS) is 17.2. The molecule has 1 aromatic carbocycles. The van der Waals surface area contributed by atoms with Gasteiger partial charge in [0.25, 0.3) is 5.56 Å². The molecule has 0 aliphatic carbocycles. The zero-order chi connectivity index (χ0) is 13.9. The number of halogens is 1. The van der Waals surface area contributed by atoms with Crippen molar-refractivity contribution >= 4 is 22.5 Å². The van der Waals surface area contributed by atoms with Crippen LogP contribution in [0.5, 0.6) is 0 Å². The van der Waals surface area contributed by atoms with E-state index in [0.29, 0.717) is 28.3 Å². The van der Waals surface area contributed by atoms with Gasteiger partial charge in [-0.3, -0.25) is 9.69 Å². The lowest BCUT2D eigenvalue weighted by Crippen LogP contribution is -2.29. The predicted molar refractivity (Wildman–Crippen MR) is 80.1 cm³/mol. The molecule has 2 heterocycles. The minimum Gasteiger partial charge on any atom is -0.315 e. The van der Waals surface area contributed by atoms with Gasteiger partial charge in [-0.05, 0) is 37.7 Å². The highest BCUT2D eigenvalue weighted by Crippen LogP contribution is 2.14. The summed E-state index contributed by atoms with van der Waals surface area (Å²) < 4.78 is 0. The number of H-pyrrole nitrogens is 1. The molecule has 1 aromatic heterocycles. The summed E-state index contributed by atoms with van der Waals surface area (Å²) in [6.45, 7) is 4.71. The molecule has 0 amide bonds. The first-order valence-corrected chi connectivity index (χ1v) is 7.22. The highest BCUT2D eigenvalue weighted by Gasteiger charge is 2.11. The molecule has 5 nitrogen and oxygen atoms in total. The Morgan fingerprint density at radius 1 is 1.30 bits per heavy atom. The monoisotopic (exact) mass is 292 g/mol. The summed E-state index contributed by atoms with van der Waals surface area (Å²) in [6.07, 6.45) is 1.12. The van der Waals surface area contributed by atoms with Gasteiger partial charge in [-0.2, -0.15) is 0 Å². The fraction of sp³-hybridized carbons (Fsp3) is 0.429. The van der Waals surface area contributed by atoms with E-state index in [9.17, 15) is 4.79 Å². The maximum Gasteiger partial charge on any atom is 0.258 e. The van der Waals surface area contributed by atoms with E-state index in [-0.39, 0.29) is 5.56 Å². The molecule has 0 saturated carbocycles. The van der Waals surface area contributed by atoms with Crippen molar-refractivity contribution < 1.29 is 0 Å². The number of nitrogens with one attached hydrogen (secondary N) is 2. The number of benzene rings is 1. The third-order valence-corrected chi connectivity index (χ3v) is 3.76. The number of rotatable bonds is 2. The number of nitrogens with zero attached hydrogens (tertiary/aromatic N) is 2. The molecule has 1 saturated heterocycles. The third-order valence-electron chi connectivity index (χ3n) is 3.52. The van der Waals surface area contributed by atoms with Gasteiger partial charge in [-0.1, -0.05) is 11.6 Å². The summed E-state index contributed by atoms with van der Waals surface area (Å²) >= 11 is 5.91. The Labute approximate surface area is 122 Å². The molecular weight excluding hydrogens is 276 g/mol. The van der Waals surface area contributed by atoms with Gasteiger partial charge in [0, 0.05) is 18.1 Å². The molecule has 6 heteroatoms. The van der Waals surface area contributed by atoms with Crippen molar-refractivity contribution in [3.63, 3.8) is 0 Å². The van der Waals surface area contributed by atoms with E-state index in [1.165, 1.54) is 0 Å². The van der Waals surface area contributed by atoms with Crippen LogP contribution < -0.4 is 10.9 Å². The van der Waals surface area contributed by atoms with E-state index in [1.54, 1.807) is 18.2 Å². The first kappa shape index (κ1) is 13.5. The molecule has 0 bridgehead atoms. The van der Waals surface area contributed by atoms with Gasteiger partial charge in [0.1, 0.15) is 5.82 Å². The molecule has 0 radical (unpaired) electrons. The Bertz CT molecular complexity index is 662. The van der Waals surface area contributed by atoms with E-state index in [4.69, 9.17) is 11.6 Å². The predicted octanol–water partition coefficient (Wildman–Crippen LogP) is 1.37. The smallest absolute Gasteiger partial charge is 0.258 e. The minimum atomic E-state index is -0.125. The summed E-state index contributed by atoms with van der Waals surface area (Å²) in [5.41, 5.74) is 0.571. The van der Waals surface area contributed by atoms with Crippen LogP contribution in [0.1, 0.15) is 12.2 Å². The molecule has 0 unspecified atom stereocenters. The van der Waals surface area contributed by atoms with E-state index in [2.05, 4.69) is 20.2 Å². The second-order valence-corrected chi connectivity index (χ2v) is 5.49. The van der Waals surface area contributed by atoms with Crippen LogP contribution in [0.25, 0.3) is 10.9 Å². The van der Waals surface area contributed by atoms with Gasteiger partial charge >= 0.3 is 0 Å². The van der Waals surface area contributed by atoms with Crippen molar-refractivity contribution in [1.29, 1.82) is 0 Å². The third kappa shape index (κ3) is 3.00. The maximum atomic E-state index is 12.1. The van der Waals surface area contributed by atoms with Crippen LogP contribution in [0.3, 0.4) is 0 Å². The Morgan fingerprint density at radius 2 is 2.20 bits per heavy atom. The lowest BCUT2D eigenvalue weighted by Gasteiger charge is -2.18. The van der Waals surface area contributed by atoms with Crippen LogP contribution in [0.4, 0.5) is 0 Å². The SMILES string of the molecule is O=c1[nH]c(CN2CCCNCC2)nc2ccc(Cl)cc12. The Balaban J connectivity index is 1.88. The molecular formula is C14H17ClN4O. The zero-order valence-corrected chi connectivity index (χ0v) is 11.9. The summed E-state index contributed by atoms with van der Waals surface area (Å²) in [6, 6.07) is 5.21. The van der Waals surface area contributed by atoms with Gasteiger partial charge in [0.05, 0.1) is 17.4 Å². The van der Waals surface area contributed by atoms with Crippen molar-refractivity contribution in [2.45, 2.75) is 13.0 Å². The highest BCUT2D eigenvalue weighted by molar-refractivity contribution is 6.31. The standard InChI is InChI=1S/C14H17ClN4O/c15-10-2-3-12-11(8-10)14(20)18-13(17-12)9-19-6-1-4-16-5-7-19/h2-3,8,16H,1,4-7,9H2,(H,17,18,20). The Kier molecular flexibility index (Phi) is 4.00. The van der Waals surface area contributed by atoms with Gasteiger partial charge in [0.2, 0.25) is 0 Å². The Hall–Kier alpha value is -1.43. The topological polar surface area (TPSA) is 61.0 Å². The van der Waals surface area contributed by atoms with E-state index < -0.39 is 0 Å². The molecule has 3 rings (SSSR count). The average Bonchev–Trinajstić information content (AvgIpc) is 2.68. The number of hydrogen-bond acceptors (Lipinski definition) is 4. The van der Waals surface area contributed by atoms with Crippen molar-refractivity contribution in [2.24, 2.45) is 0 Å². The minimum absolute atomic E-state index is 0.125. The Morgan fingerprint density at radius 3 is 3.10 bits per heavy atom. The molecule has 2 N–H and O–H groups in total. The average molecular weight is 293 g/mol. The molecule has 0 spiro atoms. The van der Waals surface area contributed by atoms with Crippen LogP contribution in [0.2, 0.25) is 5.02 Å². The number of hydrogen-bond donors (Lipinski definition) is 2. The van der Waals surface area contributed by atoms with Gasteiger partial charge in [-0.25, -0.2) is 4.98 Å². The fourth-order valence-corrected chi connectivity index (χ4v) is 2.68. The van der Waals surface area contributed by atoms with Gasteiger partial charge in [-0.15, -0.1) is 0 Å². The molecule has 20 heavy (non-hydrogen) atoms. The molecule has 1 aliphatic heterocycles. The summed E-state index contributed by atoms with van der Waals surface area (Å²) in [7, 11) is 0. The second kappa shape index (κ2) is 5.91. The van der Waals surface area contributed by atoms with Crippen LogP contribution in [0, 0.1) is 0 Å². The van der Waals surface area contributed by atoms with Crippen LogP contribution in [0.15, 0.2) is 23.0 Å². The number of fused-ring (bicyclic) bond motifs is 1. The quantitative estimate of drug-likeness (QED) is 0.878. The first-order chi connectivity index (χ1) is 9.72. The highest BCUT2D eigenvalue weighted by atomic mass is 35.5. The zero-order valence-electron chi connectivity index (χ0n) is 11.2.